The Labute approximate surface area is 82.9 Å². The molecule has 14 heavy (non-hydrogen) atoms. The Morgan fingerprint density at radius 3 is 2.50 bits per heavy atom. The van der Waals surface area contributed by atoms with E-state index < -0.39 is 6.17 Å². The van der Waals surface area contributed by atoms with Gasteiger partial charge in [0.2, 0.25) is 0 Å². The number of hydrogen-bond donors (Lipinski definition) is 1. The van der Waals surface area contributed by atoms with Crippen LogP contribution >= 0.6 is 0 Å². The number of rotatable bonds is 4. The number of ether oxygens (including phenoxy) is 1. The van der Waals surface area contributed by atoms with Gasteiger partial charge in [0.05, 0.1) is 6.10 Å². The standard InChI is InChI=1S/C11H14FNO/c12-11(7-13)8-1-3-9(4-2-8)14-10-5-6-10/h1-4,10-11H,5-7,13H2. The molecule has 0 amide bonds. The fraction of sp³-hybridized carbons (Fsp3) is 0.455. The van der Waals surface area contributed by atoms with E-state index in [2.05, 4.69) is 0 Å². The molecule has 76 valence electrons. The van der Waals surface area contributed by atoms with Crippen LogP contribution in [0.2, 0.25) is 0 Å². The van der Waals surface area contributed by atoms with Crippen molar-refractivity contribution in [3.63, 3.8) is 0 Å². The summed E-state index contributed by atoms with van der Waals surface area (Å²) in [5.74, 6) is 0.820. The van der Waals surface area contributed by atoms with Crippen molar-refractivity contribution in [1.29, 1.82) is 0 Å². The van der Waals surface area contributed by atoms with Gasteiger partial charge in [0.1, 0.15) is 11.9 Å². The number of nitrogens with two attached hydrogens (primary N) is 1. The summed E-state index contributed by atoms with van der Waals surface area (Å²) in [4.78, 5) is 0. The lowest BCUT2D eigenvalue weighted by molar-refractivity contribution is 0.302. The van der Waals surface area contributed by atoms with E-state index >= 15 is 0 Å². The van der Waals surface area contributed by atoms with Crippen LogP contribution in [0.5, 0.6) is 5.75 Å². The molecule has 0 spiro atoms. The average Bonchev–Trinajstić information content (AvgIpc) is 3.02. The van der Waals surface area contributed by atoms with Crippen LogP contribution in [0.1, 0.15) is 24.6 Å². The Morgan fingerprint density at radius 2 is 2.00 bits per heavy atom. The van der Waals surface area contributed by atoms with E-state index in [1.54, 1.807) is 24.3 Å². The highest BCUT2D eigenvalue weighted by Crippen LogP contribution is 2.27. The lowest BCUT2D eigenvalue weighted by atomic mass is 10.1. The van der Waals surface area contributed by atoms with Crippen LogP contribution in [-0.2, 0) is 0 Å². The molecule has 1 saturated carbocycles. The van der Waals surface area contributed by atoms with Gasteiger partial charge in [-0.2, -0.15) is 0 Å². The number of benzene rings is 1. The molecule has 2 N–H and O–H groups in total. The van der Waals surface area contributed by atoms with Crippen molar-refractivity contribution in [1.82, 2.24) is 0 Å². The van der Waals surface area contributed by atoms with Gasteiger partial charge in [0, 0.05) is 6.54 Å². The highest BCUT2D eigenvalue weighted by Gasteiger charge is 2.23. The molecule has 2 nitrogen and oxygen atoms in total. The molecule has 0 bridgehead atoms. The van der Waals surface area contributed by atoms with E-state index in [4.69, 9.17) is 10.5 Å². The molecule has 0 aliphatic heterocycles. The van der Waals surface area contributed by atoms with E-state index in [9.17, 15) is 4.39 Å². The third kappa shape index (κ3) is 2.23. The predicted molar refractivity (Wildman–Crippen MR) is 53.0 cm³/mol. The van der Waals surface area contributed by atoms with Gasteiger partial charge < -0.3 is 10.5 Å². The first-order chi connectivity index (χ1) is 6.79. The number of halogens is 1. The van der Waals surface area contributed by atoms with Crippen molar-refractivity contribution in [2.45, 2.75) is 25.1 Å². The monoisotopic (exact) mass is 195 g/mol. The molecule has 3 heteroatoms. The van der Waals surface area contributed by atoms with Gasteiger partial charge in [0.15, 0.2) is 0 Å². The molecular formula is C11H14FNO. The fourth-order valence-corrected chi connectivity index (χ4v) is 1.27. The van der Waals surface area contributed by atoms with Crippen molar-refractivity contribution in [2.24, 2.45) is 5.73 Å². The van der Waals surface area contributed by atoms with Crippen LogP contribution in [0.3, 0.4) is 0 Å². The second kappa shape index (κ2) is 3.96. The quantitative estimate of drug-likeness (QED) is 0.799. The molecule has 1 aromatic carbocycles. The van der Waals surface area contributed by atoms with Gasteiger partial charge >= 0.3 is 0 Å². The first-order valence-electron chi connectivity index (χ1n) is 4.90. The molecule has 0 heterocycles. The normalized spacial score (nSPS) is 17.9. The summed E-state index contributed by atoms with van der Waals surface area (Å²) in [6.45, 7) is 0.0306. The van der Waals surface area contributed by atoms with Gasteiger partial charge in [-0.3, -0.25) is 0 Å². The van der Waals surface area contributed by atoms with Crippen molar-refractivity contribution in [3.05, 3.63) is 29.8 Å². The van der Waals surface area contributed by atoms with E-state index in [0.29, 0.717) is 11.7 Å². The van der Waals surface area contributed by atoms with Crippen LogP contribution in [0.25, 0.3) is 0 Å². The van der Waals surface area contributed by atoms with Crippen LogP contribution in [0, 0.1) is 0 Å². The number of alkyl halides is 1. The Kier molecular flexibility index (Phi) is 2.68. The summed E-state index contributed by atoms with van der Waals surface area (Å²) in [6.07, 6.45) is 1.59. The van der Waals surface area contributed by atoms with Crippen LogP contribution in [0.15, 0.2) is 24.3 Å². The molecule has 1 fully saturated rings. The molecule has 2 rings (SSSR count). The third-order valence-electron chi connectivity index (χ3n) is 2.28. The summed E-state index contributed by atoms with van der Waals surface area (Å²) >= 11 is 0. The Hall–Kier alpha value is -1.09. The van der Waals surface area contributed by atoms with Gasteiger partial charge in [-0.1, -0.05) is 12.1 Å². The molecule has 0 aromatic heterocycles. The molecule has 0 saturated heterocycles. The van der Waals surface area contributed by atoms with Crippen molar-refractivity contribution >= 4 is 0 Å². The van der Waals surface area contributed by atoms with Crippen LogP contribution in [0.4, 0.5) is 4.39 Å². The maximum Gasteiger partial charge on any atom is 0.137 e. The summed E-state index contributed by atoms with van der Waals surface area (Å²) < 4.78 is 18.6. The molecule has 1 atom stereocenters. The topological polar surface area (TPSA) is 35.2 Å². The Bertz CT molecular complexity index is 295. The van der Waals surface area contributed by atoms with Crippen molar-refractivity contribution < 1.29 is 9.13 Å². The largest absolute Gasteiger partial charge is 0.490 e. The minimum Gasteiger partial charge on any atom is -0.490 e. The summed E-state index contributed by atoms with van der Waals surface area (Å²) in [5, 5.41) is 0. The van der Waals surface area contributed by atoms with Gasteiger partial charge in [-0.25, -0.2) is 4.39 Å². The molecule has 1 aliphatic rings. The summed E-state index contributed by atoms with van der Waals surface area (Å²) in [6, 6.07) is 7.07. The van der Waals surface area contributed by atoms with E-state index in [0.717, 1.165) is 18.6 Å². The zero-order valence-corrected chi connectivity index (χ0v) is 7.95. The summed E-state index contributed by atoms with van der Waals surface area (Å²) in [5.41, 5.74) is 5.85. The molecule has 0 radical (unpaired) electrons. The van der Waals surface area contributed by atoms with Crippen LogP contribution < -0.4 is 10.5 Å². The predicted octanol–water partition coefficient (Wildman–Crippen LogP) is 2.20. The minimum absolute atomic E-state index is 0.0306. The molecular weight excluding hydrogens is 181 g/mol. The Balaban J connectivity index is 2.01. The maximum atomic E-state index is 13.1. The zero-order chi connectivity index (χ0) is 9.97. The molecule has 1 aliphatic carbocycles. The second-order valence-corrected chi connectivity index (χ2v) is 3.59. The van der Waals surface area contributed by atoms with Gasteiger partial charge in [-0.05, 0) is 30.5 Å². The third-order valence-corrected chi connectivity index (χ3v) is 2.28. The van der Waals surface area contributed by atoms with Gasteiger partial charge in [0.25, 0.3) is 0 Å². The summed E-state index contributed by atoms with van der Waals surface area (Å²) in [7, 11) is 0. The molecule has 1 unspecified atom stereocenters. The SMILES string of the molecule is NCC(F)c1ccc(OC2CC2)cc1. The smallest absolute Gasteiger partial charge is 0.137 e. The van der Waals surface area contributed by atoms with E-state index in [1.807, 2.05) is 0 Å². The maximum absolute atomic E-state index is 13.1. The lowest BCUT2D eigenvalue weighted by Gasteiger charge is -2.07. The fourth-order valence-electron chi connectivity index (χ4n) is 1.27. The van der Waals surface area contributed by atoms with Crippen LogP contribution in [-0.4, -0.2) is 12.6 Å². The highest BCUT2D eigenvalue weighted by molar-refractivity contribution is 5.29. The molecule has 1 aromatic rings. The van der Waals surface area contributed by atoms with E-state index in [1.165, 1.54) is 0 Å². The minimum atomic E-state index is -1.06. The first-order valence-corrected chi connectivity index (χ1v) is 4.90. The zero-order valence-electron chi connectivity index (χ0n) is 7.95. The lowest BCUT2D eigenvalue weighted by Crippen LogP contribution is -2.07. The highest BCUT2D eigenvalue weighted by atomic mass is 19.1. The number of hydrogen-bond acceptors (Lipinski definition) is 2. The first kappa shape index (κ1) is 9.46. The van der Waals surface area contributed by atoms with Gasteiger partial charge in [-0.15, -0.1) is 0 Å². The average molecular weight is 195 g/mol. The van der Waals surface area contributed by atoms with Crippen molar-refractivity contribution in [3.8, 4) is 5.75 Å². The Morgan fingerprint density at radius 1 is 1.36 bits per heavy atom. The van der Waals surface area contributed by atoms with Crippen molar-refractivity contribution in [2.75, 3.05) is 6.54 Å². The second-order valence-electron chi connectivity index (χ2n) is 3.59. The van der Waals surface area contributed by atoms with E-state index in [-0.39, 0.29) is 6.54 Å².